The van der Waals surface area contributed by atoms with Crippen LogP contribution in [-0.4, -0.2) is 16.1 Å². The number of aromatic nitrogens is 1. The molecule has 0 unspecified atom stereocenters. The molecule has 0 saturated carbocycles. The van der Waals surface area contributed by atoms with Crippen molar-refractivity contribution >= 4 is 43.5 Å². The largest absolute Gasteiger partial charge is 0.478 e. The summed E-state index contributed by atoms with van der Waals surface area (Å²) in [6.07, 6.45) is 0. The minimum Gasteiger partial charge on any atom is -0.478 e. The van der Waals surface area contributed by atoms with Crippen molar-refractivity contribution in [3.63, 3.8) is 0 Å². The van der Waals surface area contributed by atoms with Gasteiger partial charge < -0.3 is 5.11 Å². The van der Waals surface area contributed by atoms with E-state index in [0.29, 0.717) is 5.56 Å². The van der Waals surface area contributed by atoms with Crippen molar-refractivity contribution in [1.29, 1.82) is 0 Å². The number of rotatable bonds is 1. The first-order chi connectivity index (χ1) is 7.00. The summed E-state index contributed by atoms with van der Waals surface area (Å²) in [5, 5.41) is 9.95. The lowest BCUT2D eigenvalue weighted by atomic mass is 10.1. The van der Waals surface area contributed by atoms with Crippen LogP contribution >= 0.6 is 27.3 Å². The molecule has 1 aromatic carbocycles. The number of aromatic carboxylic acids is 1. The number of halogens is 1. The zero-order chi connectivity index (χ0) is 11.2. The SMILES string of the molecule is Cc1nc2c(C)c(C(=O)O)cc(Br)c2s1. The topological polar surface area (TPSA) is 50.2 Å². The lowest BCUT2D eigenvalue weighted by Gasteiger charge is -2.02. The molecule has 78 valence electrons. The Morgan fingerprint density at radius 2 is 2.20 bits per heavy atom. The van der Waals surface area contributed by atoms with Crippen LogP contribution < -0.4 is 0 Å². The standard InChI is InChI=1S/C10H8BrNO2S/c1-4-6(10(13)14)3-7(11)9-8(4)12-5(2)15-9/h3H,1-2H3,(H,13,14). The van der Waals surface area contributed by atoms with Crippen LogP contribution in [-0.2, 0) is 0 Å². The van der Waals surface area contributed by atoms with Crippen LogP contribution in [0.15, 0.2) is 10.5 Å². The van der Waals surface area contributed by atoms with Crippen molar-refractivity contribution in [2.75, 3.05) is 0 Å². The molecule has 0 fully saturated rings. The van der Waals surface area contributed by atoms with Crippen molar-refractivity contribution in [2.45, 2.75) is 13.8 Å². The summed E-state index contributed by atoms with van der Waals surface area (Å²) in [5.41, 5.74) is 1.81. The Kier molecular flexibility index (Phi) is 2.52. The van der Waals surface area contributed by atoms with Crippen LogP contribution in [0.5, 0.6) is 0 Å². The molecule has 0 aliphatic heterocycles. The van der Waals surface area contributed by atoms with Gasteiger partial charge in [-0.2, -0.15) is 0 Å². The summed E-state index contributed by atoms with van der Waals surface area (Å²) < 4.78 is 1.81. The molecule has 0 atom stereocenters. The van der Waals surface area contributed by atoms with E-state index in [9.17, 15) is 4.79 Å². The first-order valence-electron chi connectivity index (χ1n) is 4.30. The molecule has 0 aliphatic carbocycles. The molecular formula is C10H8BrNO2S. The van der Waals surface area contributed by atoms with Crippen molar-refractivity contribution < 1.29 is 9.90 Å². The number of nitrogens with zero attached hydrogens (tertiary/aromatic N) is 1. The molecule has 3 nitrogen and oxygen atoms in total. The minimum atomic E-state index is -0.916. The fourth-order valence-corrected chi connectivity index (χ4v) is 3.04. The minimum absolute atomic E-state index is 0.305. The van der Waals surface area contributed by atoms with E-state index >= 15 is 0 Å². The first kappa shape index (κ1) is 10.6. The molecular weight excluding hydrogens is 278 g/mol. The number of carboxylic acid groups (broad SMARTS) is 1. The lowest BCUT2D eigenvalue weighted by Crippen LogP contribution is -2.00. The molecule has 5 heteroatoms. The van der Waals surface area contributed by atoms with Crippen LogP contribution in [0.4, 0.5) is 0 Å². The number of benzene rings is 1. The maximum atomic E-state index is 11.0. The quantitative estimate of drug-likeness (QED) is 0.874. The van der Waals surface area contributed by atoms with E-state index in [1.165, 1.54) is 0 Å². The summed E-state index contributed by atoms with van der Waals surface area (Å²) in [6, 6.07) is 1.64. The van der Waals surface area contributed by atoms with Crippen LogP contribution in [0, 0.1) is 13.8 Å². The number of fused-ring (bicyclic) bond motifs is 1. The zero-order valence-electron chi connectivity index (χ0n) is 8.17. The van der Waals surface area contributed by atoms with Crippen LogP contribution in [0.2, 0.25) is 0 Å². The Labute approximate surface area is 98.9 Å². The van der Waals surface area contributed by atoms with Gasteiger partial charge in [0.1, 0.15) is 0 Å². The van der Waals surface area contributed by atoms with Crippen molar-refractivity contribution in [3.8, 4) is 0 Å². The molecule has 15 heavy (non-hydrogen) atoms. The number of hydrogen-bond acceptors (Lipinski definition) is 3. The van der Waals surface area contributed by atoms with Gasteiger partial charge in [-0.3, -0.25) is 0 Å². The Morgan fingerprint density at radius 1 is 1.53 bits per heavy atom. The molecule has 2 aromatic rings. The molecule has 0 amide bonds. The molecule has 1 aromatic heterocycles. The lowest BCUT2D eigenvalue weighted by molar-refractivity contribution is 0.0696. The molecule has 0 aliphatic rings. The maximum Gasteiger partial charge on any atom is 0.336 e. The van der Waals surface area contributed by atoms with Gasteiger partial charge in [0, 0.05) is 4.47 Å². The number of carbonyl (C=O) groups is 1. The average Bonchev–Trinajstić information content (AvgIpc) is 2.53. The van der Waals surface area contributed by atoms with E-state index in [-0.39, 0.29) is 0 Å². The second kappa shape index (κ2) is 3.57. The Bertz CT molecular complexity index is 562. The summed E-state index contributed by atoms with van der Waals surface area (Å²) in [5.74, 6) is -0.916. The van der Waals surface area contributed by atoms with Gasteiger partial charge in [0.15, 0.2) is 0 Å². The van der Waals surface area contributed by atoms with Gasteiger partial charge in [0.05, 0.1) is 20.8 Å². The highest BCUT2D eigenvalue weighted by Gasteiger charge is 2.15. The highest BCUT2D eigenvalue weighted by Crippen LogP contribution is 2.33. The third-order valence-corrected chi connectivity index (χ3v) is 4.10. The Balaban J connectivity index is 2.89. The van der Waals surface area contributed by atoms with Crippen molar-refractivity contribution in [2.24, 2.45) is 0 Å². The van der Waals surface area contributed by atoms with E-state index in [4.69, 9.17) is 5.11 Å². The number of aryl methyl sites for hydroxylation is 2. The Hall–Kier alpha value is -0.940. The van der Waals surface area contributed by atoms with Crippen LogP contribution in [0.1, 0.15) is 20.9 Å². The predicted molar refractivity (Wildman–Crippen MR) is 63.8 cm³/mol. The fourth-order valence-electron chi connectivity index (χ4n) is 1.49. The van der Waals surface area contributed by atoms with Crippen LogP contribution in [0.3, 0.4) is 0 Å². The molecule has 0 bridgehead atoms. The number of hydrogen-bond donors (Lipinski definition) is 1. The van der Waals surface area contributed by atoms with E-state index in [1.807, 2.05) is 6.92 Å². The molecule has 1 N–H and O–H groups in total. The predicted octanol–water partition coefficient (Wildman–Crippen LogP) is 3.37. The smallest absolute Gasteiger partial charge is 0.336 e. The van der Waals surface area contributed by atoms with E-state index in [1.54, 1.807) is 24.3 Å². The van der Waals surface area contributed by atoms with E-state index in [0.717, 1.165) is 25.3 Å². The molecule has 2 rings (SSSR count). The number of thiazole rings is 1. The third kappa shape index (κ3) is 1.66. The van der Waals surface area contributed by atoms with Gasteiger partial charge >= 0.3 is 5.97 Å². The van der Waals surface area contributed by atoms with Gasteiger partial charge in [-0.25, -0.2) is 9.78 Å². The van der Waals surface area contributed by atoms with Gasteiger partial charge in [0.2, 0.25) is 0 Å². The second-order valence-corrected chi connectivity index (χ2v) is 5.30. The molecule has 0 spiro atoms. The molecule has 1 heterocycles. The van der Waals surface area contributed by atoms with Gasteiger partial charge in [0.25, 0.3) is 0 Å². The normalized spacial score (nSPS) is 10.9. The van der Waals surface area contributed by atoms with E-state index < -0.39 is 5.97 Å². The fraction of sp³-hybridized carbons (Fsp3) is 0.200. The second-order valence-electron chi connectivity index (χ2n) is 3.25. The van der Waals surface area contributed by atoms with Gasteiger partial charge in [-0.15, -0.1) is 11.3 Å². The van der Waals surface area contributed by atoms with Gasteiger partial charge in [-0.1, -0.05) is 0 Å². The van der Waals surface area contributed by atoms with Gasteiger partial charge in [-0.05, 0) is 41.4 Å². The monoisotopic (exact) mass is 285 g/mol. The Morgan fingerprint density at radius 3 is 2.80 bits per heavy atom. The van der Waals surface area contributed by atoms with Crippen molar-refractivity contribution in [3.05, 3.63) is 26.7 Å². The third-order valence-electron chi connectivity index (χ3n) is 2.21. The summed E-state index contributed by atoms with van der Waals surface area (Å²) >= 11 is 4.93. The number of carboxylic acids is 1. The highest BCUT2D eigenvalue weighted by molar-refractivity contribution is 9.10. The summed E-state index contributed by atoms with van der Waals surface area (Å²) in [6.45, 7) is 3.70. The summed E-state index contributed by atoms with van der Waals surface area (Å²) in [7, 11) is 0. The van der Waals surface area contributed by atoms with Crippen LogP contribution in [0.25, 0.3) is 10.2 Å². The zero-order valence-corrected chi connectivity index (χ0v) is 10.6. The molecule has 0 radical (unpaired) electrons. The molecule has 0 saturated heterocycles. The van der Waals surface area contributed by atoms with Crippen molar-refractivity contribution in [1.82, 2.24) is 4.98 Å². The average molecular weight is 286 g/mol. The van der Waals surface area contributed by atoms with E-state index in [2.05, 4.69) is 20.9 Å². The maximum absolute atomic E-state index is 11.0. The summed E-state index contributed by atoms with van der Waals surface area (Å²) in [4.78, 5) is 15.3. The highest BCUT2D eigenvalue weighted by atomic mass is 79.9. The first-order valence-corrected chi connectivity index (χ1v) is 5.91.